The Balaban J connectivity index is 1.93. The Kier molecular flexibility index (Phi) is 3.86. The number of carbonyl (C=O) groups excluding carboxylic acids is 1. The van der Waals surface area contributed by atoms with E-state index in [-0.39, 0.29) is 35.0 Å². The van der Waals surface area contributed by atoms with Crippen LogP contribution in [0.25, 0.3) is 0 Å². The lowest BCUT2D eigenvalue weighted by Gasteiger charge is -2.43. The van der Waals surface area contributed by atoms with Crippen LogP contribution in [0.3, 0.4) is 0 Å². The van der Waals surface area contributed by atoms with Crippen molar-refractivity contribution in [3.63, 3.8) is 0 Å². The second-order valence-electron chi connectivity index (χ2n) is 6.36. The molecule has 0 unspecified atom stereocenters. The van der Waals surface area contributed by atoms with Crippen LogP contribution in [0, 0.1) is 0 Å². The molecule has 0 saturated heterocycles. The van der Waals surface area contributed by atoms with Crippen LogP contribution in [0.5, 0.6) is 28.7 Å². The third kappa shape index (κ3) is 2.23. The van der Waals surface area contributed by atoms with E-state index in [1.54, 1.807) is 0 Å². The molecule has 2 aliphatic heterocycles. The third-order valence-corrected chi connectivity index (χ3v) is 4.95. The molecule has 0 aromatic heterocycles. The number of benzene rings is 2. The number of hydrogen-bond donors (Lipinski definition) is 3. The molecule has 9 heteroatoms. The minimum Gasteiger partial charge on any atom is -0.507 e. The molecule has 146 valence electrons. The molecule has 0 bridgehead atoms. The fraction of sp³-hybridized carbons (Fsp3) is 0.263. The molecule has 2 aromatic carbocycles. The Labute approximate surface area is 158 Å². The van der Waals surface area contributed by atoms with Gasteiger partial charge in [-0.05, 0) is 18.2 Å². The van der Waals surface area contributed by atoms with E-state index < -0.39 is 34.8 Å². The van der Waals surface area contributed by atoms with Crippen LogP contribution in [0.2, 0.25) is 0 Å². The van der Waals surface area contributed by atoms with Crippen LogP contribution in [0.4, 0.5) is 0 Å². The molecule has 0 fully saturated rings. The molecule has 28 heavy (non-hydrogen) atoms. The Morgan fingerprint density at radius 1 is 1.21 bits per heavy atom. The highest BCUT2D eigenvalue weighted by Gasteiger charge is 2.56. The van der Waals surface area contributed by atoms with Crippen LogP contribution < -0.4 is 18.9 Å². The maximum atomic E-state index is 13.2. The molecule has 2 heterocycles. The molecule has 0 amide bonds. The summed E-state index contributed by atoms with van der Waals surface area (Å²) in [6, 6.07) is 5.20. The average molecular weight is 388 g/mol. The van der Waals surface area contributed by atoms with Crippen LogP contribution >= 0.6 is 0 Å². The summed E-state index contributed by atoms with van der Waals surface area (Å²) in [6.45, 7) is -0.223. The van der Waals surface area contributed by atoms with Crippen molar-refractivity contribution in [2.45, 2.75) is 11.7 Å². The SMILES string of the molecule is COc1cc2c(cc1OC)[C@@]1(O)C(=O)c3ccc(O)c(C(=O)O)c3O[C@@H]1CO2. The number of phenols is 1. The Bertz CT molecular complexity index is 1010. The number of methoxy groups -OCH3 is 2. The highest BCUT2D eigenvalue weighted by atomic mass is 16.6. The van der Waals surface area contributed by atoms with E-state index in [1.807, 2.05) is 0 Å². The molecule has 3 N–H and O–H groups in total. The zero-order valence-electron chi connectivity index (χ0n) is 14.9. The predicted octanol–water partition coefficient (Wildman–Crippen LogP) is 1.33. The number of carboxylic acid groups (broad SMARTS) is 1. The van der Waals surface area contributed by atoms with Crippen molar-refractivity contribution in [3.05, 3.63) is 41.0 Å². The predicted molar refractivity (Wildman–Crippen MR) is 92.8 cm³/mol. The lowest BCUT2D eigenvalue weighted by atomic mass is 9.77. The van der Waals surface area contributed by atoms with Crippen molar-refractivity contribution in [1.29, 1.82) is 0 Å². The molecule has 2 aliphatic rings. The monoisotopic (exact) mass is 388 g/mol. The van der Waals surface area contributed by atoms with Gasteiger partial charge >= 0.3 is 5.97 Å². The standard InChI is InChI=1S/C19H16O9/c1-25-12-5-9-11(6-13(12)26-2)27-7-14-19(9,24)17(21)8-3-4-10(20)15(18(22)23)16(8)28-14/h3-6,14,20,24H,7H2,1-2H3,(H,22,23)/t14-,19+/m1/s1. The van der Waals surface area contributed by atoms with E-state index in [1.165, 1.54) is 32.4 Å². The van der Waals surface area contributed by atoms with Crippen molar-refractivity contribution in [1.82, 2.24) is 0 Å². The summed E-state index contributed by atoms with van der Waals surface area (Å²) in [7, 11) is 2.85. The van der Waals surface area contributed by atoms with Gasteiger partial charge in [0, 0.05) is 11.6 Å². The number of aromatic hydroxyl groups is 1. The summed E-state index contributed by atoms with van der Waals surface area (Å²) in [6.07, 6.45) is -1.22. The van der Waals surface area contributed by atoms with Gasteiger partial charge in [0.25, 0.3) is 0 Å². The van der Waals surface area contributed by atoms with Gasteiger partial charge in [-0.1, -0.05) is 0 Å². The zero-order valence-corrected chi connectivity index (χ0v) is 14.9. The number of ketones is 1. The molecule has 2 aromatic rings. The molecule has 4 rings (SSSR count). The first-order valence-electron chi connectivity index (χ1n) is 8.25. The van der Waals surface area contributed by atoms with E-state index >= 15 is 0 Å². The summed E-state index contributed by atoms with van der Waals surface area (Å²) in [4.78, 5) is 24.8. The summed E-state index contributed by atoms with van der Waals surface area (Å²) in [5, 5.41) is 30.6. The lowest BCUT2D eigenvalue weighted by Crippen LogP contribution is -2.57. The van der Waals surface area contributed by atoms with Crippen LogP contribution in [-0.2, 0) is 5.60 Å². The number of hydrogen-bond acceptors (Lipinski definition) is 8. The van der Waals surface area contributed by atoms with Gasteiger partial charge in [0.15, 0.2) is 23.2 Å². The molecule has 9 nitrogen and oxygen atoms in total. The number of carboxylic acids is 1. The first-order valence-corrected chi connectivity index (χ1v) is 8.25. The molecule has 0 aliphatic carbocycles. The van der Waals surface area contributed by atoms with Gasteiger partial charge in [0.1, 0.15) is 29.4 Å². The normalized spacial score (nSPS) is 22.1. The highest BCUT2D eigenvalue weighted by molar-refractivity contribution is 6.10. The maximum Gasteiger partial charge on any atom is 0.343 e. The van der Waals surface area contributed by atoms with Gasteiger partial charge in [0.05, 0.1) is 19.8 Å². The first kappa shape index (κ1) is 17.9. The number of carbonyl (C=O) groups is 2. The summed E-state index contributed by atoms with van der Waals surface area (Å²) < 4.78 is 21.7. The average Bonchev–Trinajstić information content (AvgIpc) is 2.67. The van der Waals surface area contributed by atoms with E-state index in [4.69, 9.17) is 18.9 Å². The Morgan fingerprint density at radius 2 is 1.89 bits per heavy atom. The third-order valence-electron chi connectivity index (χ3n) is 4.95. The number of rotatable bonds is 3. The summed E-state index contributed by atoms with van der Waals surface area (Å²) in [5.41, 5.74) is -2.73. The summed E-state index contributed by atoms with van der Waals surface area (Å²) >= 11 is 0. The number of ether oxygens (including phenoxy) is 4. The van der Waals surface area contributed by atoms with E-state index in [0.29, 0.717) is 5.75 Å². The summed E-state index contributed by atoms with van der Waals surface area (Å²) in [5.74, 6) is -2.24. The van der Waals surface area contributed by atoms with Crippen LogP contribution in [-0.4, -0.2) is 54.0 Å². The minimum atomic E-state index is -2.13. The van der Waals surface area contributed by atoms with Gasteiger partial charge in [-0.2, -0.15) is 0 Å². The van der Waals surface area contributed by atoms with Gasteiger partial charge in [-0.15, -0.1) is 0 Å². The second kappa shape index (κ2) is 6.03. The van der Waals surface area contributed by atoms with Crippen molar-refractivity contribution in [2.75, 3.05) is 20.8 Å². The maximum absolute atomic E-state index is 13.2. The van der Waals surface area contributed by atoms with Crippen molar-refractivity contribution < 1.29 is 43.9 Å². The quantitative estimate of drug-likeness (QED) is 0.712. The Hall–Kier alpha value is -3.46. The van der Waals surface area contributed by atoms with Crippen LogP contribution in [0.1, 0.15) is 26.3 Å². The number of aromatic carboxylic acids is 1. The molecule has 0 spiro atoms. The fourth-order valence-corrected chi connectivity index (χ4v) is 3.55. The molecule has 0 saturated carbocycles. The van der Waals surface area contributed by atoms with Gasteiger partial charge < -0.3 is 34.3 Å². The highest BCUT2D eigenvalue weighted by Crippen LogP contribution is 2.50. The van der Waals surface area contributed by atoms with Crippen LogP contribution in [0.15, 0.2) is 24.3 Å². The molecular weight excluding hydrogens is 372 g/mol. The molecule has 0 radical (unpaired) electrons. The number of fused-ring (bicyclic) bond motifs is 4. The van der Waals surface area contributed by atoms with E-state index in [0.717, 1.165) is 6.07 Å². The van der Waals surface area contributed by atoms with Gasteiger partial charge in [0.2, 0.25) is 5.78 Å². The van der Waals surface area contributed by atoms with Crippen molar-refractivity contribution in [3.8, 4) is 28.7 Å². The number of Topliss-reactive ketones (excluding diaryl/α,β-unsaturated/α-hetero) is 1. The molecular formula is C19H16O9. The smallest absolute Gasteiger partial charge is 0.343 e. The lowest BCUT2D eigenvalue weighted by molar-refractivity contribution is -0.0803. The van der Waals surface area contributed by atoms with E-state index in [2.05, 4.69) is 0 Å². The first-order chi connectivity index (χ1) is 13.3. The van der Waals surface area contributed by atoms with Gasteiger partial charge in [-0.3, -0.25) is 4.79 Å². The topological polar surface area (TPSA) is 132 Å². The largest absolute Gasteiger partial charge is 0.507 e. The van der Waals surface area contributed by atoms with Gasteiger partial charge in [-0.25, -0.2) is 4.79 Å². The van der Waals surface area contributed by atoms with Crippen molar-refractivity contribution >= 4 is 11.8 Å². The minimum absolute atomic E-state index is 0.113. The van der Waals surface area contributed by atoms with E-state index in [9.17, 15) is 24.9 Å². The zero-order chi connectivity index (χ0) is 20.2. The molecule has 2 atom stereocenters. The number of aliphatic hydroxyl groups is 1. The fourth-order valence-electron chi connectivity index (χ4n) is 3.55. The van der Waals surface area contributed by atoms with Crippen molar-refractivity contribution in [2.24, 2.45) is 0 Å². The Morgan fingerprint density at radius 3 is 2.54 bits per heavy atom. The second-order valence-corrected chi connectivity index (χ2v) is 6.36.